The van der Waals surface area contributed by atoms with Gasteiger partial charge in [0.25, 0.3) is 11.8 Å². The molecule has 0 saturated heterocycles. The number of rotatable bonds is 12. The number of hydrogen-bond acceptors (Lipinski definition) is 4. The van der Waals surface area contributed by atoms with Crippen LogP contribution in [0.4, 0.5) is 13.2 Å². The zero-order chi connectivity index (χ0) is 32.4. The Bertz CT molecular complexity index is 1660. The second-order valence-electron chi connectivity index (χ2n) is 10.3. The van der Waals surface area contributed by atoms with Crippen molar-refractivity contribution in [2.24, 2.45) is 16.5 Å². The van der Waals surface area contributed by atoms with E-state index in [4.69, 9.17) is 11.5 Å². The minimum atomic E-state index is -4.49. The van der Waals surface area contributed by atoms with Gasteiger partial charge in [-0.05, 0) is 71.1 Å². The van der Waals surface area contributed by atoms with Crippen LogP contribution in [0, 0.1) is 0 Å². The number of nitrogens with zero attached hydrogens (tertiary/aromatic N) is 1. The lowest BCUT2D eigenvalue weighted by atomic mass is 10.0. The zero-order valence-electron chi connectivity index (χ0n) is 24.2. The van der Waals surface area contributed by atoms with Crippen molar-refractivity contribution in [3.63, 3.8) is 0 Å². The molecule has 0 aliphatic heterocycles. The van der Waals surface area contributed by atoms with Crippen molar-refractivity contribution in [1.29, 1.82) is 0 Å². The Labute approximate surface area is 257 Å². The van der Waals surface area contributed by atoms with Crippen molar-refractivity contribution in [2.75, 3.05) is 6.54 Å². The number of guanidine groups is 1. The minimum Gasteiger partial charge on any atom is -0.370 e. The van der Waals surface area contributed by atoms with Crippen molar-refractivity contribution in [2.45, 2.75) is 38.1 Å². The summed E-state index contributed by atoms with van der Waals surface area (Å²) in [7, 11) is 0. The molecule has 4 rings (SSSR count). The van der Waals surface area contributed by atoms with Gasteiger partial charge in [0.2, 0.25) is 5.91 Å². The lowest BCUT2D eigenvalue weighted by Gasteiger charge is -2.19. The maximum Gasteiger partial charge on any atom is 0.416 e. The zero-order valence-corrected chi connectivity index (χ0v) is 24.2. The first-order valence-electron chi connectivity index (χ1n) is 14.2. The van der Waals surface area contributed by atoms with Crippen LogP contribution in [-0.2, 0) is 24.1 Å². The van der Waals surface area contributed by atoms with E-state index >= 15 is 0 Å². The van der Waals surface area contributed by atoms with Crippen LogP contribution in [-0.4, -0.2) is 36.3 Å². The predicted octanol–water partition coefficient (Wildman–Crippen LogP) is 4.26. The standard InChI is InChI=1S/C33H33F3N6O3/c34-33(35,36)26-16-14-23(15-17-26)29(43)40-19-21-10-12-24(13-11-21)30(44)42-28(9-4-18-39-32(37)38)31(45)41-20-25-7-3-6-22-5-1-2-8-27(22)25/h1-3,5-8,10-17,28H,4,9,18-20H2,(H,40,43)(H,41,45)(H,42,44)(H4,37,38,39)/t28-/m0/s1. The molecular formula is C33H33F3N6O3. The molecule has 0 aliphatic carbocycles. The summed E-state index contributed by atoms with van der Waals surface area (Å²) < 4.78 is 38.3. The van der Waals surface area contributed by atoms with Gasteiger partial charge in [0.1, 0.15) is 6.04 Å². The molecule has 1 atom stereocenters. The van der Waals surface area contributed by atoms with E-state index < -0.39 is 29.6 Å². The van der Waals surface area contributed by atoms with E-state index in [-0.39, 0.29) is 43.5 Å². The molecule has 4 aromatic carbocycles. The van der Waals surface area contributed by atoms with Gasteiger partial charge in [-0.3, -0.25) is 19.4 Å². The molecular weight excluding hydrogens is 585 g/mol. The number of carbonyl (C=O) groups excluding carboxylic acids is 3. The Balaban J connectivity index is 1.36. The summed E-state index contributed by atoms with van der Waals surface area (Å²) in [6, 6.07) is 23.1. The number of benzene rings is 4. The molecule has 0 aromatic heterocycles. The summed E-state index contributed by atoms with van der Waals surface area (Å²) in [5, 5.41) is 10.4. The van der Waals surface area contributed by atoms with Crippen LogP contribution in [0.15, 0.2) is 96.0 Å². The van der Waals surface area contributed by atoms with Crippen LogP contribution >= 0.6 is 0 Å². The van der Waals surface area contributed by atoms with E-state index in [1.807, 2.05) is 42.5 Å². The number of hydrogen-bond donors (Lipinski definition) is 5. The average Bonchev–Trinajstić information content (AvgIpc) is 3.03. The Hall–Kier alpha value is -5.39. The first-order chi connectivity index (χ1) is 21.5. The highest BCUT2D eigenvalue weighted by atomic mass is 19.4. The molecule has 0 heterocycles. The highest BCUT2D eigenvalue weighted by Crippen LogP contribution is 2.29. The Kier molecular flexibility index (Phi) is 10.7. The van der Waals surface area contributed by atoms with Crippen LogP contribution in [0.25, 0.3) is 10.8 Å². The second-order valence-corrected chi connectivity index (χ2v) is 10.3. The normalized spacial score (nSPS) is 11.8. The molecule has 7 N–H and O–H groups in total. The number of aliphatic imine (C=N–C) groups is 1. The first kappa shape index (κ1) is 32.5. The summed E-state index contributed by atoms with van der Waals surface area (Å²) >= 11 is 0. The summed E-state index contributed by atoms with van der Waals surface area (Å²) in [6.45, 7) is 0.650. The average molecular weight is 619 g/mol. The Morgan fingerprint density at radius 1 is 0.756 bits per heavy atom. The van der Waals surface area contributed by atoms with Crippen LogP contribution in [0.5, 0.6) is 0 Å². The molecule has 234 valence electrons. The lowest BCUT2D eigenvalue weighted by molar-refractivity contribution is -0.137. The smallest absolute Gasteiger partial charge is 0.370 e. The van der Waals surface area contributed by atoms with Gasteiger partial charge in [0.05, 0.1) is 5.56 Å². The van der Waals surface area contributed by atoms with Crippen molar-refractivity contribution in [1.82, 2.24) is 16.0 Å². The molecule has 45 heavy (non-hydrogen) atoms. The molecule has 12 heteroatoms. The number of nitrogens with two attached hydrogens (primary N) is 2. The third-order valence-electron chi connectivity index (χ3n) is 7.04. The summed E-state index contributed by atoms with van der Waals surface area (Å²) in [5.41, 5.74) is 11.9. The number of halogens is 3. The third kappa shape index (κ3) is 9.30. The highest BCUT2D eigenvalue weighted by Gasteiger charge is 2.30. The quantitative estimate of drug-likeness (QED) is 0.0913. The lowest BCUT2D eigenvalue weighted by Crippen LogP contribution is -2.46. The Morgan fingerprint density at radius 3 is 2.09 bits per heavy atom. The van der Waals surface area contributed by atoms with Gasteiger partial charge >= 0.3 is 6.18 Å². The topological polar surface area (TPSA) is 152 Å². The fourth-order valence-electron chi connectivity index (χ4n) is 4.64. The molecule has 4 aromatic rings. The van der Waals surface area contributed by atoms with Gasteiger partial charge in [-0.25, -0.2) is 0 Å². The predicted molar refractivity (Wildman–Crippen MR) is 166 cm³/mol. The largest absolute Gasteiger partial charge is 0.416 e. The summed E-state index contributed by atoms with van der Waals surface area (Å²) in [4.78, 5) is 42.7. The summed E-state index contributed by atoms with van der Waals surface area (Å²) in [6.07, 6.45) is -3.75. The third-order valence-corrected chi connectivity index (χ3v) is 7.04. The fraction of sp³-hybridized carbons (Fsp3) is 0.212. The van der Waals surface area contributed by atoms with Gasteiger partial charge < -0.3 is 27.4 Å². The van der Waals surface area contributed by atoms with Gasteiger partial charge in [-0.2, -0.15) is 13.2 Å². The molecule has 0 bridgehead atoms. The van der Waals surface area contributed by atoms with Crippen LogP contribution in [0.1, 0.15) is 50.2 Å². The molecule has 0 radical (unpaired) electrons. The molecule has 3 amide bonds. The van der Waals surface area contributed by atoms with Crippen molar-refractivity contribution < 1.29 is 27.6 Å². The maximum atomic E-state index is 13.2. The molecule has 0 fully saturated rings. The fourth-order valence-corrected chi connectivity index (χ4v) is 4.64. The van der Waals surface area contributed by atoms with E-state index in [0.717, 1.165) is 40.6 Å². The number of carbonyl (C=O) groups is 3. The van der Waals surface area contributed by atoms with E-state index in [1.165, 1.54) is 0 Å². The van der Waals surface area contributed by atoms with Crippen LogP contribution in [0.3, 0.4) is 0 Å². The number of fused-ring (bicyclic) bond motifs is 1. The van der Waals surface area contributed by atoms with E-state index in [0.29, 0.717) is 17.5 Å². The van der Waals surface area contributed by atoms with E-state index in [9.17, 15) is 27.6 Å². The number of alkyl halides is 3. The molecule has 9 nitrogen and oxygen atoms in total. The van der Waals surface area contributed by atoms with Gasteiger partial charge in [0, 0.05) is 30.8 Å². The first-order valence-corrected chi connectivity index (χ1v) is 14.2. The van der Waals surface area contributed by atoms with E-state index in [2.05, 4.69) is 20.9 Å². The van der Waals surface area contributed by atoms with Crippen molar-refractivity contribution in [3.05, 3.63) is 119 Å². The summed E-state index contributed by atoms with van der Waals surface area (Å²) in [5.74, 6) is -1.43. The van der Waals surface area contributed by atoms with Crippen molar-refractivity contribution in [3.8, 4) is 0 Å². The van der Waals surface area contributed by atoms with Gasteiger partial charge in [-0.15, -0.1) is 0 Å². The van der Waals surface area contributed by atoms with Crippen LogP contribution < -0.4 is 27.4 Å². The van der Waals surface area contributed by atoms with Crippen molar-refractivity contribution >= 4 is 34.5 Å². The number of nitrogens with one attached hydrogen (secondary N) is 3. The monoisotopic (exact) mass is 618 g/mol. The maximum absolute atomic E-state index is 13.2. The number of amides is 3. The highest BCUT2D eigenvalue weighted by molar-refractivity contribution is 5.98. The SMILES string of the molecule is NC(N)=NCCC[C@H](NC(=O)c1ccc(CNC(=O)c2ccc(C(F)(F)F)cc2)cc1)C(=O)NCc1cccc2ccccc12. The molecule has 0 spiro atoms. The molecule has 0 aliphatic rings. The molecule has 0 saturated carbocycles. The molecule has 0 unspecified atom stereocenters. The minimum absolute atomic E-state index is 0.0633. The van der Waals surface area contributed by atoms with Gasteiger partial charge in [0.15, 0.2) is 5.96 Å². The second kappa shape index (κ2) is 14.9. The van der Waals surface area contributed by atoms with E-state index in [1.54, 1.807) is 24.3 Å². The van der Waals surface area contributed by atoms with Gasteiger partial charge in [-0.1, -0.05) is 54.6 Å². The van der Waals surface area contributed by atoms with Crippen LogP contribution in [0.2, 0.25) is 0 Å². The Morgan fingerprint density at radius 2 is 1.40 bits per heavy atom.